The molecule has 0 spiro atoms. The van der Waals surface area contributed by atoms with Gasteiger partial charge in [0.15, 0.2) is 0 Å². The number of allylic oxidation sites excluding steroid dienone is 4. The third-order valence-electron chi connectivity index (χ3n) is 7.26. The largest absolute Gasteiger partial charge is 0.241 e. The topological polar surface area (TPSA) is 0 Å². The van der Waals surface area contributed by atoms with Gasteiger partial charge in [0, 0.05) is 17.3 Å². The molecule has 3 rings (SSSR count). The van der Waals surface area contributed by atoms with E-state index in [1.165, 1.54) is 44.1 Å². The molecule has 0 unspecified atom stereocenters. The van der Waals surface area contributed by atoms with Gasteiger partial charge in [-0.15, -0.1) is 0 Å². The summed E-state index contributed by atoms with van der Waals surface area (Å²) in [5, 5.41) is 0. The highest BCUT2D eigenvalue weighted by atomic mass is 19.3. The summed E-state index contributed by atoms with van der Waals surface area (Å²) in [6.45, 7) is 2.26. The predicted octanol–water partition coefficient (Wildman–Crippen LogP) is 8.70. The zero-order chi connectivity index (χ0) is 20.5. The van der Waals surface area contributed by atoms with Crippen LogP contribution in [0.5, 0.6) is 0 Å². The first-order valence-electron chi connectivity index (χ1n) is 11.9. The maximum atomic E-state index is 13.1. The molecule has 0 aliphatic heterocycles. The van der Waals surface area contributed by atoms with E-state index in [-0.39, 0.29) is 11.3 Å². The second-order valence-electron chi connectivity index (χ2n) is 9.23. The minimum Gasteiger partial charge on any atom is -0.210 e. The van der Waals surface area contributed by atoms with Crippen molar-refractivity contribution in [1.82, 2.24) is 0 Å². The van der Waals surface area contributed by atoms with Crippen molar-refractivity contribution in [2.75, 3.05) is 0 Å². The van der Waals surface area contributed by atoms with Gasteiger partial charge in [-0.05, 0) is 43.6 Å². The van der Waals surface area contributed by atoms with Gasteiger partial charge in [-0.25, -0.2) is 8.78 Å². The third kappa shape index (κ3) is 6.03. The number of unbranched alkanes of at least 4 members (excludes halogenated alkanes) is 5. The summed E-state index contributed by atoms with van der Waals surface area (Å²) in [4.78, 5) is 0. The average Bonchev–Trinajstić information content (AvgIpc) is 2.77. The van der Waals surface area contributed by atoms with E-state index < -0.39 is 6.43 Å². The van der Waals surface area contributed by atoms with Crippen LogP contribution in [0.3, 0.4) is 0 Å². The van der Waals surface area contributed by atoms with Crippen LogP contribution < -0.4 is 0 Å². The Balaban J connectivity index is 1.65. The fraction of sp³-hybridized carbons (Fsp3) is 0.630. The van der Waals surface area contributed by atoms with Gasteiger partial charge in [-0.3, -0.25) is 0 Å². The normalized spacial score (nSPS) is 29.4. The first-order valence-corrected chi connectivity index (χ1v) is 11.9. The molecule has 0 aromatic heterocycles. The molecule has 0 N–H and O–H groups in total. The molecule has 29 heavy (non-hydrogen) atoms. The van der Waals surface area contributed by atoms with Crippen LogP contribution >= 0.6 is 0 Å². The number of hydrogen-bond acceptors (Lipinski definition) is 0. The van der Waals surface area contributed by atoms with Crippen LogP contribution in [0.2, 0.25) is 0 Å². The van der Waals surface area contributed by atoms with Gasteiger partial charge in [0.25, 0.3) is 0 Å². The van der Waals surface area contributed by atoms with Crippen LogP contribution in [0, 0.1) is 17.3 Å². The van der Waals surface area contributed by atoms with E-state index in [1.807, 2.05) is 0 Å². The lowest BCUT2D eigenvalue weighted by Crippen LogP contribution is -2.33. The Morgan fingerprint density at radius 3 is 2.10 bits per heavy atom. The molecular formula is C27H38F2. The van der Waals surface area contributed by atoms with Crippen LogP contribution in [-0.2, 0) is 0 Å². The SMILES string of the molecule is CCCCCCCCC1(C2CCC(C(F)F)CC2)C=CC(c2ccccc2)C=C1. The summed E-state index contributed by atoms with van der Waals surface area (Å²) in [5.41, 5.74) is 1.40. The molecule has 1 aromatic rings. The molecule has 2 aliphatic rings. The van der Waals surface area contributed by atoms with Crippen molar-refractivity contribution in [1.29, 1.82) is 0 Å². The highest BCUT2D eigenvalue weighted by molar-refractivity contribution is 5.34. The zero-order valence-corrected chi connectivity index (χ0v) is 18.0. The summed E-state index contributed by atoms with van der Waals surface area (Å²) in [6.07, 6.45) is 19.7. The molecule has 0 bridgehead atoms. The van der Waals surface area contributed by atoms with Crippen LogP contribution in [-0.4, -0.2) is 6.43 Å². The number of benzene rings is 1. The van der Waals surface area contributed by atoms with E-state index in [0.29, 0.717) is 24.7 Å². The van der Waals surface area contributed by atoms with E-state index in [0.717, 1.165) is 19.3 Å². The molecule has 0 radical (unpaired) electrons. The monoisotopic (exact) mass is 400 g/mol. The van der Waals surface area contributed by atoms with Crippen LogP contribution in [0.1, 0.15) is 89.0 Å². The van der Waals surface area contributed by atoms with E-state index in [4.69, 9.17) is 0 Å². The molecule has 2 aliphatic carbocycles. The minimum absolute atomic E-state index is 0.0725. The average molecular weight is 401 g/mol. The lowest BCUT2D eigenvalue weighted by molar-refractivity contribution is 0.0344. The summed E-state index contributed by atoms with van der Waals surface area (Å²) in [7, 11) is 0. The Morgan fingerprint density at radius 1 is 0.862 bits per heavy atom. The molecule has 160 valence electrons. The molecular weight excluding hydrogens is 362 g/mol. The Labute approximate surface area is 176 Å². The maximum Gasteiger partial charge on any atom is 0.241 e. The van der Waals surface area contributed by atoms with E-state index in [1.54, 1.807) is 0 Å². The number of hydrogen-bond donors (Lipinski definition) is 0. The number of rotatable bonds is 10. The fourth-order valence-electron chi connectivity index (χ4n) is 5.35. The Bertz CT molecular complexity index is 624. The zero-order valence-electron chi connectivity index (χ0n) is 18.0. The molecule has 2 heteroatoms. The molecule has 1 aromatic carbocycles. The Morgan fingerprint density at radius 2 is 1.48 bits per heavy atom. The van der Waals surface area contributed by atoms with Crippen molar-refractivity contribution < 1.29 is 8.78 Å². The summed E-state index contributed by atoms with van der Waals surface area (Å²) in [5.74, 6) is 0.467. The van der Waals surface area contributed by atoms with Crippen molar-refractivity contribution in [2.45, 2.75) is 89.9 Å². The van der Waals surface area contributed by atoms with Crippen molar-refractivity contribution in [3.05, 3.63) is 60.2 Å². The second kappa shape index (κ2) is 11.1. The Hall–Kier alpha value is -1.44. The van der Waals surface area contributed by atoms with E-state index in [9.17, 15) is 8.78 Å². The highest BCUT2D eigenvalue weighted by Gasteiger charge is 2.39. The summed E-state index contributed by atoms with van der Waals surface area (Å²) < 4.78 is 26.3. The van der Waals surface area contributed by atoms with Gasteiger partial charge in [-0.2, -0.15) is 0 Å². The van der Waals surface area contributed by atoms with Gasteiger partial charge >= 0.3 is 0 Å². The van der Waals surface area contributed by atoms with Gasteiger partial charge in [0.05, 0.1) is 0 Å². The highest BCUT2D eigenvalue weighted by Crippen LogP contribution is 2.49. The maximum absolute atomic E-state index is 13.1. The third-order valence-corrected chi connectivity index (χ3v) is 7.26. The van der Waals surface area contributed by atoms with E-state index in [2.05, 4.69) is 61.6 Å². The quantitative estimate of drug-likeness (QED) is 0.272. The minimum atomic E-state index is -2.15. The molecule has 0 heterocycles. The molecule has 0 nitrogen and oxygen atoms in total. The summed E-state index contributed by atoms with van der Waals surface area (Å²) in [6, 6.07) is 10.6. The van der Waals surface area contributed by atoms with Gasteiger partial charge in [-0.1, -0.05) is 100 Å². The predicted molar refractivity (Wildman–Crippen MR) is 119 cm³/mol. The first kappa shape index (κ1) is 22.2. The lowest BCUT2D eigenvalue weighted by Gasteiger charge is -2.42. The fourth-order valence-corrected chi connectivity index (χ4v) is 5.35. The van der Waals surface area contributed by atoms with E-state index >= 15 is 0 Å². The van der Waals surface area contributed by atoms with Crippen LogP contribution in [0.25, 0.3) is 0 Å². The van der Waals surface area contributed by atoms with Gasteiger partial charge < -0.3 is 0 Å². The first-order chi connectivity index (χ1) is 14.1. The van der Waals surface area contributed by atoms with Gasteiger partial charge in [0.1, 0.15) is 0 Å². The standard InChI is InChI=1S/C27H38F2/c1-2-3-4-5-6-10-19-27(25-15-13-24(14-16-25)26(28)29)20-17-23(18-21-27)22-11-8-7-9-12-22/h7-9,11-12,17-18,20-21,23-26H,2-6,10,13-16,19H2,1H3. The van der Waals surface area contributed by atoms with Crippen molar-refractivity contribution in [2.24, 2.45) is 17.3 Å². The molecule has 1 fully saturated rings. The van der Waals surface area contributed by atoms with Crippen molar-refractivity contribution in [3.8, 4) is 0 Å². The second-order valence-corrected chi connectivity index (χ2v) is 9.23. The number of halogens is 2. The van der Waals surface area contributed by atoms with Crippen molar-refractivity contribution >= 4 is 0 Å². The van der Waals surface area contributed by atoms with Crippen molar-refractivity contribution in [3.63, 3.8) is 0 Å². The molecule has 0 atom stereocenters. The molecule has 1 saturated carbocycles. The smallest absolute Gasteiger partial charge is 0.210 e. The lowest BCUT2D eigenvalue weighted by atomic mass is 9.62. The number of alkyl halides is 2. The van der Waals surface area contributed by atoms with Crippen LogP contribution in [0.15, 0.2) is 54.6 Å². The molecule has 0 amide bonds. The molecule has 0 saturated heterocycles. The Kier molecular flexibility index (Phi) is 8.51. The van der Waals surface area contributed by atoms with Crippen LogP contribution in [0.4, 0.5) is 8.78 Å². The summed E-state index contributed by atoms with van der Waals surface area (Å²) >= 11 is 0. The van der Waals surface area contributed by atoms with Gasteiger partial charge in [0.2, 0.25) is 6.43 Å².